The molecule has 0 unspecified atom stereocenters. The van der Waals surface area contributed by atoms with Gasteiger partial charge in [0.05, 0.1) is 28.6 Å². The van der Waals surface area contributed by atoms with E-state index in [1.165, 1.54) is 0 Å². The minimum absolute atomic E-state index is 0.224. The third kappa shape index (κ3) is 3.82. The van der Waals surface area contributed by atoms with Gasteiger partial charge in [-0.2, -0.15) is 0 Å². The van der Waals surface area contributed by atoms with Crippen molar-refractivity contribution in [1.29, 1.82) is 0 Å². The van der Waals surface area contributed by atoms with Crippen molar-refractivity contribution in [1.82, 2.24) is 14.1 Å². The quantitative estimate of drug-likeness (QED) is 0.546. The van der Waals surface area contributed by atoms with Crippen molar-refractivity contribution in [3.63, 3.8) is 0 Å². The molecule has 2 heterocycles. The second-order valence-corrected chi connectivity index (χ2v) is 7.83. The number of aromatic nitrogens is 3. The molecule has 0 aliphatic rings. The van der Waals surface area contributed by atoms with Crippen LogP contribution in [0.3, 0.4) is 0 Å². The summed E-state index contributed by atoms with van der Waals surface area (Å²) in [6.07, 6.45) is 2.77. The SMILES string of the molecule is CC(C)(C)OC(=O)Nc1cccc(-n2c(=O)n(-c3ccccc3)c3cnccc32)c1. The predicted molar refractivity (Wildman–Crippen MR) is 117 cm³/mol. The largest absolute Gasteiger partial charge is 0.444 e. The lowest BCUT2D eigenvalue weighted by atomic mass is 10.2. The van der Waals surface area contributed by atoms with Crippen LogP contribution in [0.15, 0.2) is 77.9 Å². The Morgan fingerprint density at radius 1 is 0.933 bits per heavy atom. The van der Waals surface area contributed by atoms with Gasteiger partial charge < -0.3 is 4.74 Å². The summed E-state index contributed by atoms with van der Waals surface area (Å²) in [6, 6.07) is 18.3. The van der Waals surface area contributed by atoms with Gasteiger partial charge in [-0.1, -0.05) is 24.3 Å². The molecule has 0 bridgehead atoms. The van der Waals surface area contributed by atoms with Crippen LogP contribution in [-0.4, -0.2) is 25.8 Å². The lowest BCUT2D eigenvalue weighted by Crippen LogP contribution is -2.27. The van der Waals surface area contributed by atoms with E-state index in [4.69, 9.17) is 4.74 Å². The summed E-state index contributed by atoms with van der Waals surface area (Å²) in [5, 5.41) is 2.72. The maximum absolute atomic E-state index is 13.4. The molecule has 152 valence electrons. The molecule has 0 radical (unpaired) electrons. The molecule has 4 rings (SSSR count). The maximum atomic E-state index is 13.4. The van der Waals surface area contributed by atoms with E-state index in [0.717, 1.165) is 5.69 Å². The van der Waals surface area contributed by atoms with E-state index >= 15 is 0 Å². The fourth-order valence-electron chi connectivity index (χ4n) is 3.27. The molecule has 0 saturated carbocycles. The molecular formula is C23H22N4O3. The van der Waals surface area contributed by atoms with Crippen LogP contribution in [0.4, 0.5) is 10.5 Å². The molecular weight excluding hydrogens is 380 g/mol. The minimum atomic E-state index is -0.602. The second kappa shape index (κ2) is 7.51. The van der Waals surface area contributed by atoms with Gasteiger partial charge in [0.25, 0.3) is 0 Å². The summed E-state index contributed by atoms with van der Waals surface area (Å²) in [6.45, 7) is 5.40. The Labute approximate surface area is 173 Å². The van der Waals surface area contributed by atoms with Gasteiger partial charge in [0.15, 0.2) is 0 Å². The molecule has 0 fully saturated rings. The molecule has 30 heavy (non-hydrogen) atoms. The molecule has 0 aliphatic carbocycles. The van der Waals surface area contributed by atoms with Gasteiger partial charge in [0.2, 0.25) is 0 Å². The number of rotatable bonds is 3. The topological polar surface area (TPSA) is 78.1 Å². The molecule has 7 heteroatoms. The van der Waals surface area contributed by atoms with E-state index in [0.29, 0.717) is 22.4 Å². The number of nitrogens with zero attached hydrogens (tertiary/aromatic N) is 3. The fourth-order valence-corrected chi connectivity index (χ4v) is 3.27. The number of imidazole rings is 1. The number of hydrogen-bond donors (Lipinski definition) is 1. The second-order valence-electron chi connectivity index (χ2n) is 7.83. The zero-order valence-electron chi connectivity index (χ0n) is 17.0. The summed E-state index contributed by atoms with van der Waals surface area (Å²) in [4.78, 5) is 29.7. The molecule has 1 amide bonds. The number of nitrogens with one attached hydrogen (secondary N) is 1. The Morgan fingerprint density at radius 3 is 2.37 bits per heavy atom. The van der Waals surface area contributed by atoms with E-state index in [1.807, 2.05) is 36.4 Å². The number of pyridine rings is 1. The van der Waals surface area contributed by atoms with Crippen LogP contribution >= 0.6 is 0 Å². The van der Waals surface area contributed by atoms with Crippen LogP contribution in [0.25, 0.3) is 22.4 Å². The zero-order valence-corrected chi connectivity index (χ0v) is 17.0. The monoisotopic (exact) mass is 402 g/mol. The van der Waals surface area contributed by atoms with Gasteiger partial charge in [-0.3, -0.25) is 19.4 Å². The van der Waals surface area contributed by atoms with Crippen molar-refractivity contribution in [3.05, 3.63) is 83.5 Å². The van der Waals surface area contributed by atoms with Crippen molar-refractivity contribution in [3.8, 4) is 11.4 Å². The molecule has 0 aliphatic heterocycles. The normalized spacial score (nSPS) is 11.4. The number of carbonyl (C=O) groups excluding carboxylic acids is 1. The number of ether oxygens (including phenoxy) is 1. The Hall–Kier alpha value is -3.87. The number of hydrogen-bond acceptors (Lipinski definition) is 4. The molecule has 1 N–H and O–H groups in total. The summed E-state index contributed by atoms with van der Waals surface area (Å²) in [7, 11) is 0. The van der Waals surface area contributed by atoms with Crippen molar-refractivity contribution in [2.24, 2.45) is 0 Å². The summed E-state index contributed by atoms with van der Waals surface area (Å²) in [5.74, 6) is 0. The number of benzene rings is 2. The lowest BCUT2D eigenvalue weighted by molar-refractivity contribution is 0.0636. The first-order valence-electron chi connectivity index (χ1n) is 9.57. The zero-order chi connectivity index (χ0) is 21.3. The average Bonchev–Trinajstić information content (AvgIpc) is 2.99. The minimum Gasteiger partial charge on any atom is -0.444 e. The van der Waals surface area contributed by atoms with Crippen molar-refractivity contribution in [2.45, 2.75) is 26.4 Å². The Morgan fingerprint density at radius 2 is 1.63 bits per heavy atom. The molecule has 4 aromatic rings. The number of amides is 1. The highest BCUT2D eigenvalue weighted by Gasteiger charge is 2.18. The van der Waals surface area contributed by atoms with Crippen LogP contribution in [-0.2, 0) is 4.74 Å². The molecule has 0 saturated heterocycles. The van der Waals surface area contributed by atoms with Crippen LogP contribution in [0, 0.1) is 0 Å². The van der Waals surface area contributed by atoms with Gasteiger partial charge in [0.1, 0.15) is 5.60 Å². The molecule has 0 atom stereocenters. The molecule has 2 aromatic carbocycles. The first-order chi connectivity index (χ1) is 14.3. The average molecular weight is 402 g/mol. The van der Waals surface area contributed by atoms with Crippen molar-refractivity contribution < 1.29 is 9.53 Å². The summed E-state index contributed by atoms with van der Waals surface area (Å²) >= 11 is 0. The smallest absolute Gasteiger partial charge is 0.412 e. The van der Waals surface area contributed by atoms with Crippen molar-refractivity contribution >= 4 is 22.8 Å². The molecule has 2 aromatic heterocycles. The number of anilines is 1. The van der Waals surface area contributed by atoms with Crippen LogP contribution < -0.4 is 11.0 Å². The highest BCUT2D eigenvalue weighted by atomic mass is 16.6. The van der Waals surface area contributed by atoms with Crippen LogP contribution in [0.2, 0.25) is 0 Å². The third-order valence-corrected chi connectivity index (χ3v) is 4.41. The van der Waals surface area contributed by atoms with Gasteiger partial charge >= 0.3 is 11.8 Å². The Balaban J connectivity index is 1.81. The number of fused-ring (bicyclic) bond motifs is 1. The Bertz CT molecular complexity index is 1270. The molecule has 0 spiro atoms. The maximum Gasteiger partial charge on any atom is 0.412 e. The number of carbonyl (C=O) groups is 1. The predicted octanol–water partition coefficient (Wildman–Crippen LogP) is 4.52. The summed E-state index contributed by atoms with van der Waals surface area (Å²) in [5.41, 5.74) is 2.49. The van der Waals surface area contributed by atoms with E-state index in [1.54, 1.807) is 66.6 Å². The van der Waals surface area contributed by atoms with Crippen LogP contribution in [0.5, 0.6) is 0 Å². The van der Waals surface area contributed by atoms with Crippen LogP contribution in [0.1, 0.15) is 20.8 Å². The first kappa shape index (κ1) is 19.4. The fraction of sp³-hybridized carbons (Fsp3) is 0.174. The first-order valence-corrected chi connectivity index (χ1v) is 9.57. The Kier molecular flexibility index (Phi) is 4.87. The van der Waals surface area contributed by atoms with E-state index in [2.05, 4.69) is 10.3 Å². The highest BCUT2D eigenvalue weighted by molar-refractivity contribution is 5.86. The van der Waals surface area contributed by atoms with E-state index in [-0.39, 0.29) is 5.69 Å². The van der Waals surface area contributed by atoms with E-state index in [9.17, 15) is 9.59 Å². The van der Waals surface area contributed by atoms with Gasteiger partial charge in [-0.05, 0) is 57.2 Å². The number of para-hydroxylation sites is 1. The van der Waals surface area contributed by atoms with E-state index < -0.39 is 11.7 Å². The third-order valence-electron chi connectivity index (χ3n) is 4.41. The summed E-state index contributed by atoms with van der Waals surface area (Å²) < 4.78 is 8.53. The lowest BCUT2D eigenvalue weighted by Gasteiger charge is -2.19. The highest BCUT2D eigenvalue weighted by Crippen LogP contribution is 2.22. The van der Waals surface area contributed by atoms with Crippen molar-refractivity contribution in [2.75, 3.05) is 5.32 Å². The van der Waals surface area contributed by atoms with Gasteiger partial charge in [0, 0.05) is 11.9 Å². The van der Waals surface area contributed by atoms with Gasteiger partial charge in [-0.15, -0.1) is 0 Å². The van der Waals surface area contributed by atoms with Gasteiger partial charge in [-0.25, -0.2) is 9.59 Å². The molecule has 7 nitrogen and oxygen atoms in total. The standard InChI is InChI=1S/C23H22N4O3/c1-23(2,3)30-21(28)25-16-8-7-11-18(14-16)27-19-12-13-24-15-20(19)26(22(27)29)17-9-5-4-6-10-17/h4-15H,1-3H3,(H,25,28).